The number of benzene rings is 3. The number of carbonyl (C=O) groups is 3. The first-order chi connectivity index (χ1) is 19.4. The Hall–Kier alpha value is -3.68. The van der Waals surface area contributed by atoms with E-state index >= 15 is 0 Å². The molecule has 1 unspecified atom stereocenters. The van der Waals surface area contributed by atoms with E-state index in [1.54, 1.807) is 55.4 Å². The van der Waals surface area contributed by atoms with Gasteiger partial charge in [-0.15, -0.1) is 0 Å². The van der Waals surface area contributed by atoms with Crippen molar-refractivity contribution in [1.82, 2.24) is 15.1 Å². The van der Waals surface area contributed by atoms with Gasteiger partial charge in [-0.2, -0.15) is 0 Å². The van der Waals surface area contributed by atoms with Gasteiger partial charge in [-0.1, -0.05) is 68.8 Å². The second-order valence-corrected chi connectivity index (χ2v) is 11.9. The Labute approximate surface area is 247 Å². The molecule has 216 valence electrons. The summed E-state index contributed by atoms with van der Waals surface area (Å²) in [6.07, 6.45) is 0.387. The number of likely N-dealkylation sites (tertiary alicyclic amines) is 1. The number of halogens is 1. The summed E-state index contributed by atoms with van der Waals surface area (Å²) in [5, 5.41) is 15.0. The molecule has 3 atom stereocenters. The largest absolute Gasteiger partial charge is 0.385 e. The van der Waals surface area contributed by atoms with E-state index < -0.39 is 11.6 Å². The van der Waals surface area contributed by atoms with Gasteiger partial charge in [0.1, 0.15) is 6.04 Å². The molecule has 1 heterocycles. The number of aliphatic hydroxyl groups is 1. The maximum absolute atomic E-state index is 13.7. The second-order valence-electron chi connectivity index (χ2n) is 11.4. The highest BCUT2D eigenvalue weighted by molar-refractivity contribution is 6.30. The van der Waals surface area contributed by atoms with Crippen LogP contribution in [-0.4, -0.2) is 65.9 Å². The van der Waals surface area contributed by atoms with Crippen LogP contribution in [0.15, 0.2) is 72.8 Å². The van der Waals surface area contributed by atoms with Crippen molar-refractivity contribution in [3.63, 3.8) is 0 Å². The minimum absolute atomic E-state index is 0.0994. The molecule has 7 nitrogen and oxygen atoms in total. The number of nitrogens with zero attached hydrogens (tertiary/aromatic N) is 2. The van der Waals surface area contributed by atoms with Crippen LogP contribution in [0.3, 0.4) is 0 Å². The highest BCUT2D eigenvalue weighted by Gasteiger charge is 2.43. The first kappa shape index (κ1) is 30.3. The van der Waals surface area contributed by atoms with E-state index in [0.717, 1.165) is 16.7 Å². The zero-order valence-electron chi connectivity index (χ0n) is 24.2. The minimum atomic E-state index is -1.06. The molecular formula is C33H38ClN3O4. The summed E-state index contributed by atoms with van der Waals surface area (Å²) in [6.45, 7) is 6.49. The van der Waals surface area contributed by atoms with Crippen molar-refractivity contribution in [1.29, 1.82) is 0 Å². The monoisotopic (exact) mass is 575 g/mol. The summed E-state index contributed by atoms with van der Waals surface area (Å²) in [5.41, 5.74) is 2.32. The predicted molar refractivity (Wildman–Crippen MR) is 162 cm³/mol. The Morgan fingerprint density at radius 1 is 0.976 bits per heavy atom. The molecule has 8 heteroatoms. The van der Waals surface area contributed by atoms with Crippen LogP contribution < -0.4 is 5.32 Å². The molecule has 3 aromatic rings. The lowest BCUT2D eigenvalue weighted by molar-refractivity contribution is -0.143. The number of carbonyl (C=O) groups excluding carboxylic acids is 3. The van der Waals surface area contributed by atoms with E-state index in [2.05, 4.69) is 5.32 Å². The number of nitrogens with one attached hydrogen (secondary N) is 1. The van der Waals surface area contributed by atoms with Gasteiger partial charge in [0.15, 0.2) is 0 Å². The molecule has 41 heavy (non-hydrogen) atoms. The fraction of sp³-hybridized carbons (Fsp3) is 0.364. The van der Waals surface area contributed by atoms with Crippen LogP contribution in [0.5, 0.6) is 0 Å². The van der Waals surface area contributed by atoms with Crippen molar-refractivity contribution in [3.05, 3.63) is 94.5 Å². The SMILES string of the molecule is CC(C)[C@@H](NC(=O)c1cccc(-c2cccc(C(=O)N(C)C)c2)c1)C(=O)N1CC[C@](O)(c2ccc(Cl)cc2)C(C)C1. The molecular weight excluding hydrogens is 538 g/mol. The molecule has 1 fully saturated rings. The van der Waals surface area contributed by atoms with E-state index in [1.165, 1.54) is 4.90 Å². The standard InChI is InChI=1S/C33H38ClN3O4/c1-21(2)29(32(40)37-17-16-33(41,22(3)20-37)27-12-14-28(34)15-13-27)35-30(38)25-10-6-8-23(18-25)24-9-7-11-26(19-24)31(39)36(4)5/h6-15,18-19,21-22,29,41H,16-17,20H2,1-5H3,(H,35,38)/t22?,29-,33-/m1/s1. The van der Waals surface area contributed by atoms with Gasteiger partial charge in [0.25, 0.3) is 11.8 Å². The molecule has 1 aliphatic rings. The van der Waals surface area contributed by atoms with E-state index in [1.807, 2.05) is 57.2 Å². The maximum atomic E-state index is 13.7. The van der Waals surface area contributed by atoms with Crippen molar-refractivity contribution in [2.45, 2.75) is 38.8 Å². The van der Waals surface area contributed by atoms with Gasteiger partial charge in [0, 0.05) is 49.3 Å². The summed E-state index contributed by atoms with van der Waals surface area (Å²) in [6, 6.07) is 20.9. The van der Waals surface area contributed by atoms with Crippen LogP contribution in [0.1, 0.15) is 53.5 Å². The zero-order chi connectivity index (χ0) is 29.9. The maximum Gasteiger partial charge on any atom is 0.253 e. The fourth-order valence-electron chi connectivity index (χ4n) is 5.36. The van der Waals surface area contributed by atoms with Crippen LogP contribution >= 0.6 is 11.6 Å². The number of piperidine rings is 1. The van der Waals surface area contributed by atoms with Crippen molar-refractivity contribution in [3.8, 4) is 11.1 Å². The van der Waals surface area contributed by atoms with Gasteiger partial charge in [-0.3, -0.25) is 14.4 Å². The Kier molecular flexibility index (Phi) is 9.20. The lowest BCUT2D eigenvalue weighted by atomic mass is 9.76. The summed E-state index contributed by atoms with van der Waals surface area (Å²) in [7, 11) is 3.41. The zero-order valence-corrected chi connectivity index (χ0v) is 25.0. The number of rotatable bonds is 7. The van der Waals surface area contributed by atoms with Crippen molar-refractivity contribution < 1.29 is 19.5 Å². The van der Waals surface area contributed by atoms with E-state index in [-0.39, 0.29) is 29.6 Å². The Bertz CT molecular complexity index is 1420. The number of hydrogen-bond acceptors (Lipinski definition) is 4. The summed E-state index contributed by atoms with van der Waals surface area (Å²) in [5.74, 6) is -0.961. The smallest absolute Gasteiger partial charge is 0.253 e. The van der Waals surface area contributed by atoms with E-state index in [4.69, 9.17) is 11.6 Å². The molecule has 0 bridgehead atoms. The summed E-state index contributed by atoms with van der Waals surface area (Å²) >= 11 is 6.03. The highest BCUT2D eigenvalue weighted by Crippen LogP contribution is 2.38. The van der Waals surface area contributed by atoms with E-state index in [0.29, 0.717) is 35.7 Å². The Morgan fingerprint density at radius 3 is 2.12 bits per heavy atom. The van der Waals surface area contributed by atoms with Gasteiger partial charge in [-0.05, 0) is 65.4 Å². The molecule has 0 aromatic heterocycles. The first-order valence-electron chi connectivity index (χ1n) is 13.9. The Balaban J connectivity index is 1.48. The molecule has 0 aliphatic carbocycles. The number of hydrogen-bond donors (Lipinski definition) is 2. The highest BCUT2D eigenvalue weighted by atomic mass is 35.5. The van der Waals surface area contributed by atoms with Gasteiger partial charge >= 0.3 is 0 Å². The third-order valence-electron chi connectivity index (χ3n) is 7.92. The second kappa shape index (κ2) is 12.5. The topological polar surface area (TPSA) is 90.0 Å². The fourth-order valence-corrected chi connectivity index (χ4v) is 5.48. The molecule has 0 saturated carbocycles. The lowest BCUT2D eigenvalue weighted by Crippen LogP contribution is -2.57. The van der Waals surface area contributed by atoms with Crippen LogP contribution in [-0.2, 0) is 10.4 Å². The van der Waals surface area contributed by atoms with Crippen molar-refractivity contribution >= 4 is 29.3 Å². The van der Waals surface area contributed by atoms with Gasteiger partial charge in [0.05, 0.1) is 5.60 Å². The summed E-state index contributed by atoms with van der Waals surface area (Å²) in [4.78, 5) is 42.7. The van der Waals surface area contributed by atoms with Crippen LogP contribution in [0.2, 0.25) is 5.02 Å². The van der Waals surface area contributed by atoms with Gasteiger partial charge in [-0.25, -0.2) is 0 Å². The lowest BCUT2D eigenvalue weighted by Gasteiger charge is -2.44. The molecule has 3 amide bonds. The molecule has 1 saturated heterocycles. The first-order valence-corrected chi connectivity index (χ1v) is 14.3. The average Bonchev–Trinajstić information content (AvgIpc) is 2.96. The number of amides is 3. The van der Waals surface area contributed by atoms with Crippen LogP contribution in [0.25, 0.3) is 11.1 Å². The summed E-state index contributed by atoms with van der Waals surface area (Å²) < 4.78 is 0. The average molecular weight is 576 g/mol. The van der Waals surface area contributed by atoms with E-state index in [9.17, 15) is 19.5 Å². The normalized spacial score (nSPS) is 19.5. The van der Waals surface area contributed by atoms with Crippen LogP contribution in [0.4, 0.5) is 0 Å². The van der Waals surface area contributed by atoms with Gasteiger partial charge < -0.3 is 20.2 Å². The van der Waals surface area contributed by atoms with Crippen molar-refractivity contribution in [2.24, 2.45) is 11.8 Å². The van der Waals surface area contributed by atoms with Crippen LogP contribution in [0, 0.1) is 11.8 Å². The molecule has 0 radical (unpaired) electrons. The third-order valence-corrected chi connectivity index (χ3v) is 8.17. The minimum Gasteiger partial charge on any atom is -0.385 e. The molecule has 3 aromatic carbocycles. The Morgan fingerprint density at radius 2 is 1.56 bits per heavy atom. The third kappa shape index (κ3) is 6.63. The predicted octanol–water partition coefficient (Wildman–Crippen LogP) is 5.22. The quantitative estimate of drug-likeness (QED) is 0.404. The van der Waals surface area contributed by atoms with Gasteiger partial charge in [0.2, 0.25) is 5.91 Å². The molecule has 2 N–H and O–H groups in total. The molecule has 0 spiro atoms. The molecule has 4 rings (SSSR count). The van der Waals surface area contributed by atoms with Crippen molar-refractivity contribution in [2.75, 3.05) is 27.2 Å². The molecule has 1 aliphatic heterocycles.